The monoisotopic (exact) mass is 288 g/mol. The van der Waals surface area contributed by atoms with Crippen LogP contribution in [0.2, 0.25) is 0 Å². The van der Waals surface area contributed by atoms with Crippen LogP contribution in [0.25, 0.3) is 0 Å². The first-order valence-electron chi connectivity index (χ1n) is 8.12. The number of benzene rings is 1. The zero-order valence-electron chi connectivity index (χ0n) is 13.8. The van der Waals surface area contributed by atoms with E-state index in [1.54, 1.807) is 0 Å². The average molecular weight is 288 g/mol. The normalized spacial score (nSPS) is 25.0. The van der Waals surface area contributed by atoms with Crippen LogP contribution < -0.4 is 4.74 Å². The molecule has 1 aromatic rings. The molecule has 0 saturated carbocycles. The number of aryl methyl sites for hydroxylation is 1. The Morgan fingerprint density at radius 2 is 2.19 bits per heavy atom. The van der Waals surface area contributed by atoms with Gasteiger partial charge in [-0.2, -0.15) is 0 Å². The van der Waals surface area contributed by atoms with Crippen LogP contribution >= 0.6 is 0 Å². The summed E-state index contributed by atoms with van der Waals surface area (Å²) in [6.07, 6.45) is 7.01. The van der Waals surface area contributed by atoms with E-state index in [1.807, 2.05) is 6.07 Å². The zero-order valence-corrected chi connectivity index (χ0v) is 13.8. The Labute approximate surface area is 129 Å². The van der Waals surface area contributed by atoms with Crippen LogP contribution in [-0.2, 0) is 11.2 Å². The lowest BCUT2D eigenvalue weighted by molar-refractivity contribution is 0.300. The average Bonchev–Trinajstić information content (AvgIpc) is 3.17. The number of hydrogen-bond acceptors (Lipinski definition) is 2. The molecule has 2 rings (SSSR count). The van der Waals surface area contributed by atoms with E-state index >= 15 is 0 Å². The summed E-state index contributed by atoms with van der Waals surface area (Å²) in [6, 6.07) is 8.33. The van der Waals surface area contributed by atoms with Crippen LogP contribution in [0, 0.1) is 0 Å². The number of ether oxygens (including phenoxy) is 2. The lowest BCUT2D eigenvalue weighted by atomic mass is 9.99. The fraction of sp³-hybridized carbons (Fsp3) is 0.579. The van der Waals surface area contributed by atoms with Crippen molar-refractivity contribution in [2.75, 3.05) is 6.61 Å². The van der Waals surface area contributed by atoms with Crippen LogP contribution in [-0.4, -0.2) is 18.3 Å². The molecule has 0 N–H and O–H groups in total. The molecule has 2 unspecified atom stereocenters. The SMILES string of the molecule is CCc1cccc(OC/C=C(\C)CCC2OC2(C)CC)c1. The molecule has 116 valence electrons. The Balaban J connectivity index is 1.71. The van der Waals surface area contributed by atoms with Crippen molar-refractivity contribution in [1.82, 2.24) is 0 Å². The summed E-state index contributed by atoms with van der Waals surface area (Å²) in [6.45, 7) is 9.39. The highest BCUT2D eigenvalue weighted by Crippen LogP contribution is 2.42. The third kappa shape index (κ3) is 4.60. The summed E-state index contributed by atoms with van der Waals surface area (Å²) < 4.78 is 11.5. The van der Waals surface area contributed by atoms with Gasteiger partial charge in [-0.25, -0.2) is 0 Å². The molecule has 0 bridgehead atoms. The van der Waals surface area contributed by atoms with Crippen molar-refractivity contribution in [3.8, 4) is 5.75 Å². The minimum absolute atomic E-state index is 0.150. The van der Waals surface area contributed by atoms with Gasteiger partial charge in [-0.05, 0) is 63.3 Å². The summed E-state index contributed by atoms with van der Waals surface area (Å²) in [5.41, 5.74) is 2.85. The molecule has 2 heteroatoms. The van der Waals surface area contributed by atoms with Gasteiger partial charge in [-0.3, -0.25) is 0 Å². The number of hydrogen-bond donors (Lipinski definition) is 0. The molecule has 1 fully saturated rings. The lowest BCUT2D eigenvalue weighted by Gasteiger charge is -2.06. The van der Waals surface area contributed by atoms with Crippen molar-refractivity contribution in [3.05, 3.63) is 41.5 Å². The minimum Gasteiger partial charge on any atom is -0.490 e. The molecule has 0 aliphatic carbocycles. The van der Waals surface area contributed by atoms with Gasteiger partial charge in [0, 0.05) is 0 Å². The molecule has 0 aromatic heterocycles. The second kappa shape index (κ2) is 7.13. The van der Waals surface area contributed by atoms with Crippen molar-refractivity contribution in [3.63, 3.8) is 0 Å². The van der Waals surface area contributed by atoms with Gasteiger partial charge in [-0.1, -0.05) is 31.6 Å². The molecule has 1 aliphatic rings. The fourth-order valence-electron chi connectivity index (χ4n) is 2.56. The summed E-state index contributed by atoms with van der Waals surface area (Å²) in [4.78, 5) is 0. The first kappa shape index (κ1) is 16.1. The third-order valence-corrected chi connectivity index (χ3v) is 4.53. The van der Waals surface area contributed by atoms with Crippen LogP contribution in [0.4, 0.5) is 0 Å². The maximum absolute atomic E-state index is 5.80. The topological polar surface area (TPSA) is 21.8 Å². The van der Waals surface area contributed by atoms with E-state index in [9.17, 15) is 0 Å². The van der Waals surface area contributed by atoms with Gasteiger partial charge in [0.25, 0.3) is 0 Å². The molecule has 0 spiro atoms. The number of allylic oxidation sites excluding steroid dienone is 1. The Bertz CT molecular complexity index is 492. The van der Waals surface area contributed by atoms with E-state index in [4.69, 9.17) is 9.47 Å². The first-order chi connectivity index (χ1) is 10.1. The summed E-state index contributed by atoms with van der Waals surface area (Å²) in [7, 11) is 0. The van der Waals surface area contributed by atoms with Crippen molar-refractivity contribution in [2.24, 2.45) is 0 Å². The van der Waals surface area contributed by atoms with Gasteiger partial charge < -0.3 is 9.47 Å². The van der Waals surface area contributed by atoms with Gasteiger partial charge in [0.05, 0.1) is 11.7 Å². The molecule has 2 atom stereocenters. The van der Waals surface area contributed by atoms with Gasteiger partial charge in [-0.15, -0.1) is 0 Å². The largest absolute Gasteiger partial charge is 0.490 e. The lowest BCUT2D eigenvalue weighted by Crippen LogP contribution is -2.07. The van der Waals surface area contributed by atoms with E-state index in [2.05, 4.69) is 52.0 Å². The molecule has 0 amide bonds. The Hall–Kier alpha value is -1.28. The molecule has 2 nitrogen and oxygen atoms in total. The van der Waals surface area contributed by atoms with Crippen LogP contribution in [0.3, 0.4) is 0 Å². The van der Waals surface area contributed by atoms with Gasteiger partial charge in [0.1, 0.15) is 12.4 Å². The number of epoxide rings is 1. The van der Waals surface area contributed by atoms with Crippen molar-refractivity contribution >= 4 is 0 Å². The molecular weight excluding hydrogens is 260 g/mol. The smallest absolute Gasteiger partial charge is 0.120 e. The van der Waals surface area contributed by atoms with Crippen molar-refractivity contribution in [2.45, 2.75) is 65.1 Å². The Morgan fingerprint density at radius 1 is 1.38 bits per heavy atom. The van der Waals surface area contributed by atoms with Gasteiger partial charge >= 0.3 is 0 Å². The second-order valence-corrected chi connectivity index (χ2v) is 6.17. The Morgan fingerprint density at radius 3 is 2.86 bits per heavy atom. The molecule has 1 saturated heterocycles. The van der Waals surface area contributed by atoms with E-state index in [-0.39, 0.29) is 5.60 Å². The van der Waals surface area contributed by atoms with Crippen molar-refractivity contribution in [1.29, 1.82) is 0 Å². The minimum atomic E-state index is 0.150. The fourth-order valence-corrected chi connectivity index (χ4v) is 2.56. The van der Waals surface area contributed by atoms with Gasteiger partial charge in [0.2, 0.25) is 0 Å². The maximum Gasteiger partial charge on any atom is 0.120 e. The highest BCUT2D eigenvalue weighted by atomic mass is 16.6. The predicted molar refractivity (Wildman–Crippen MR) is 87.9 cm³/mol. The highest BCUT2D eigenvalue weighted by Gasteiger charge is 2.49. The van der Waals surface area contributed by atoms with E-state index < -0.39 is 0 Å². The molecular formula is C19H28O2. The molecule has 1 aliphatic heterocycles. The number of rotatable bonds is 8. The Kier molecular flexibility index (Phi) is 5.46. The van der Waals surface area contributed by atoms with Crippen LogP contribution in [0.1, 0.15) is 52.5 Å². The van der Waals surface area contributed by atoms with Crippen molar-refractivity contribution < 1.29 is 9.47 Å². The predicted octanol–water partition coefficient (Wildman–Crippen LogP) is 4.92. The molecule has 0 radical (unpaired) electrons. The molecule has 1 heterocycles. The first-order valence-corrected chi connectivity index (χ1v) is 8.12. The quantitative estimate of drug-likeness (QED) is 0.500. The van der Waals surface area contributed by atoms with E-state index in [1.165, 1.54) is 11.1 Å². The zero-order chi connectivity index (χ0) is 15.3. The molecule has 1 aromatic carbocycles. The maximum atomic E-state index is 5.80. The van der Waals surface area contributed by atoms with E-state index in [0.29, 0.717) is 12.7 Å². The van der Waals surface area contributed by atoms with Crippen LogP contribution in [0.5, 0.6) is 5.75 Å². The highest BCUT2D eigenvalue weighted by molar-refractivity contribution is 5.28. The van der Waals surface area contributed by atoms with Crippen LogP contribution in [0.15, 0.2) is 35.9 Å². The van der Waals surface area contributed by atoms with E-state index in [0.717, 1.165) is 31.4 Å². The summed E-state index contributed by atoms with van der Waals surface area (Å²) >= 11 is 0. The summed E-state index contributed by atoms with van der Waals surface area (Å²) in [5, 5.41) is 0. The summed E-state index contributed by atoms with van der Waals surface area (Å²) in [5.74, 6) is 0.961. The second-order valence-electron chi connectivity index (χ2n) is 6.17. The third-order valence-electron chi connectivity index (χ3n) is 4.53. The van der Waals surface area contributed by atoms with Gasteiger partial charge in [0.15, 0.2) is 0 Å². The standard InChI is InChI=1S/C19H28O2/c1-5-16-8-7-9-17(14-16)20-13-12-15(3)10-11-18-19(4,6-2)21-18/h7-9,12,14,18H,5-6,10-11,13H2,1-4H3/b15-12+. The molecule has 21 heavy (non-hydrogen) atoms.